The molecule has 1 aromatic heterocycles. The van der Waals surface area contributed by atoms with Crippen molar-refractivity contribution >= 4 is 9.84 Å². The summed E-state index contributed by atoms with van der Waals surface area (Å²) < 4.78 is 30.7. The summed E-state index contributed by atoms with van der Waals surface area (Å²) in [5, 5.41) is 0. The second-order valence-electron chi connectivity index (χ2n) is 16.7. The Hall–Kier alpha value is -7.28. The number of aromatic nitrogens is 3. The largest absolute Gasteiger partial charge is 0.218 e. The van der Waals surface area contributed by atoms with Crippen molar-refractivity contribution in [3.8, 4) is 67.5 Å². The summed E-state index contributed by atoms with van der Waals surface area (Å²) in [6, 6.07) is 63.9. The Kier molecular flexibility index (Phi) is 7.51. The van der Waals surface area contributed by atoms with E-state index in [4.69, 9.17) is 15.0 Å². The first-order chi connectivity index (χ1) is 29.8. The predicted octanol–water partition coefficient (Wildman–Crippen LogP) is 12.4. The summed E-state index contributed by atoms with van der Waals surface area (Å²) in [6.45, 7) is 4.40. The fraction of sp³-hybridized carbons (Fsp3) is 0.0727. The molecular weight excluding hydrogens is 767 g/mol. The van der Waals surface area contributed by atoms with Crippen LogP contribution in [0.4, 0.5) is 0 Å². The molecule has 0 saturated heterocycles. The van der Waals surface area contributed by atoms with Crippen LogP contribution in [0.15, 0.2) is 198 Å². The minimum absolute atomic E-state index is 0.311. The van der Waals surface area contributed by atoms with Gasteiger partial charge in [0, 0.05) is 22.1 Å². The molecule has 2 heterocycles. The number of fused-ring (bicyclic) bond motifs is 14. The first-order valence-corrected chi connectivity index (χ1v) is 22.1. The summed E-state index contributed by atoms with van der Waals surface area (Å²) in [5.74, 6) is 1.67. The Labute approximate surface area is 355 Å². The van der Waals surface area contributed by atoms with Gasteiger partial charge in [0.15, 0.2) is 17.5 Å². The van der Waals surface area contributed by atoms with Gasteiger partial charge in [0.1, 0.15) is 0 Å². The highest BCUT2D eigenvalue weighted by atomic mass is 32.2. The van der Waals surface area contributed by atoms with Crippen molar-refractivity contribution < 1.29 is 8.42 Å². The minimum Gasteiger partial charge on any atom is -0.218 e. The molecule has 1 spiro atoms. The predicted molar refractivity (Wildman–Crippen MR) is 242 cm³/mol. The number of hydrogen-bond acceptors (Lipinski definition) is 5. The third kappa shape index (κ3) is 4.94. The molecule has 1 aliphatic heterocycles. The molecule has 290 valence electrons. The van der Waals surface area contributed by atoms with Gasteiger partial charge in [-0.05, 0) is 91.0 Å². The second-order valence-corrected chi connectivity index (χ2v) is 18.6. The van der Waals surface area contributed by atoms with Crippen LogP contribution in [0.2, 0.25) is 0 Å². The van der Waals surface area contributed by atoms with Gasteiger partial charge in [-0.3, -0.25) is 0 Å². The van der Waals surface area contributed by atoms with Gasteiger partial charge in [-0.2, -0.15) is 0 Å². The summed E-state index contributed by atoms with van der Waals surface area (Å²) in [6.07, 6.45) is 0. The van der Waals surface area contributed by atoms with Crippen LogP contribution >= 0.6 is 0 Å². The highest BCUT2D eigenvalue weighted by Gasteiger charge is 2.53. The number of benzene rings is 8. The molecule has 0 bridgehead atoms. The van der Waals surface area contributed by atoms with Crippen LogP contribution in [0.1, 0.15) is 47.2 Å². The minimum atomic E-state index is -3.99. The smallest absolute Gasteiger partial charge is 0.207 e. The molecule has 0 amide bonds. The van der Waals surface area contributed by atoms with Crippen LogP contribution in [0.5, 0.6) is 0 Å². The van der Waals surface area contributed by atoms with E-state index in [-0.39, 0.29) is 0 Å². The molecule has 12 rings (SSSR count). The molecule has 9 aromatic rings. The van der Waals surface area contributed by atoms with Gasteiger partial charge >= 0.3 is 0 Å². The highest BCUT2D eigenvalue weighted by molar-refractivity contribution is 7.91. The summed E-state index contributed by atoms with van der Waals surface area (Å²) in [7, 11) is -3.99. The molecule has 3 aliphatic rings. The summed E-state index contributed by atoms with van der Waals surface area (Å²) in [4.78, 5) is 16.0. The van der Waals surface area contributed by atoms with Crippen molar-refractivity contribution in [1.82, 2.24) is 15.0 Å². The maximum atomic E-state index is 15.3. The van der Waals surface area contributed by atoms with E-state index in [0.717, 1.165) is 77.9 Å². The standard InChI is InChI=1S/C55H37N3O2S/c1-54(2)43-25-13-11-24-40(43)42-32-48-50(33-46(42)54)61(59,60)49-28-16-15-27-45(49)55(48)44-26-14-12-23-39(44)37-21-9-10-22-38(37)41-30-29-36(31-47(41)55)53-57-51(34-17-5-3-6-18-34)56-52(58-53)35-19-7-4-8-20-35/h3-33H,1-2H3. The Morgan fingerprint density at radius 1 is 0.344 bits per heavy atom. The molecule has 61 heavy (non-hydrogen) atoms. The highest BCUT2D eigenvalue weighted by Crippen LogP contribution is 2.62. The molecule has 1 unspecified atom stereocenters. The van der Waals surface area contributed by atoms with E-state index in [1.54, 1.807) is 6.07 Å². The number of sulfone groups is 1. The Morgan fingerprint density at radius 2 is 0.820 bits per heavy atom. The lowest BCUT2D eigenvalue weighted by Crippen LogP contribution is -2.38. The maximum absolute atomic E-state index is 15.3. The fourth-order valence-electron chi connectivity index (χ4n) is 10.4. The summed E-state index contributed by atoms with van der Waals surface area (Å²) in [5.41, 5.74) is 13.1. The summed E-state index contributed by atoms with van der Waals surface area (Å²) >= 11 is 0. The van der Waals surface area contributed by atoms with E-state index >= 15 is 8.42 Å². The van der Waals surface area contributed by atoms with E-state index < -0.39 is 20.7 Å². The van der Waals surface area contributed by atoms with E-state index in [2.05, 4.69) is 111 Å². The molecule has 8 aromatic carbocycles. The van der Waals surface area contributed by atoms with Crippen molar-refractivity contribution in [2.24, 2.45) is 0 Å². The molecule has 0 N–H and O–H groups in total. The Morgan fingerprint density at radius 3 is 1.44 bits per heavy atom. The molecule has 0 fully saturated rings. The van der Waals surface area contributed by atoms with Crippen molar-refractivity contribution in [3.63, 3.8) is 0 Å². The average Bonchev–Trinajstić information content (AvgIpc) is 3.47. The molecule has 5 nitrogen and oxygen atoms in total. The lowest BCUT2D eigenvalue weighted by Gasteiger charge is -2.43. The molecule has 6 heteroatoms. The van der Waals surface area contributed by atoms with Crippen LogP contribution < -0.4 is 0 Å². The SMILES string of the molecule is CC1(C)c2ccccc2-c2cc3c(cc21)S(=O)(=O)c1ccccc1C31c2ccccc2-c2ccccc2-c2ccc(-c3nc(-c4ccccc4)nc(-c4ccccc4)n3)cc21. The molecule has 1 atom stereocenters. The van der Waals surface area contributed by atoms with Crippen molar-refractivity contribution in [1.29, 1.82) is 0 Å². The molecule has 2 aliphatic carbocycles. The van der Waals surface area contributed by atoms with E-state index in [9.17, 15) is 0 Å². The van der Waals surface area contributed by atoms with E-state index in [1.165, 1.54) is 5.56 Å². The molecule has 0 saturated carbocycles. The van der Waals surface area contributed by atoms with Gasteiger partial charge in [0.2, 0.25) is 9.84 Å². The Balaban J connectivity index is 1.24. The van der Waals surface area contributed by atoms with Gasteiger partial charge in [-0.1, -0.05) is 178 Å². The second kappa shape index (κ2) is 12.9. The van der Waals surface area contributed by atoms with Gasteiger partial charge in [-0.15, -0.1) is 0 Å². The monoisotopic (exact) mass is 803 g/mol. The molecule has 0 radical (unpaired) electrons. The van der Waals surface area contributed by atoms with Crippen LogP contribution in [0, 0.1) is 0 Å². The van der Waals surface area contributed by atoms with Gasteiger partial charge in [-0.25, -0.2) is 23.4 Å². The first-order valence-electron chi connectivity index (χ1n) is 20.6. The topological polar surface area (TPSA) is 72.8 Å². The fourth-order valence-corrected chi connectivity index (χ4v) is 12.2. The van der Waals surface area contributed by atoms with Crippen LogP contribution in [-0.2, 0) is 20.7 Å². The van der Waals surface area contributed by atoms with E-state index in [1.807, 2.05) is 84.9 Å². The van der Waals surface area contributed by atoms with Crippen molar-refractivity contribution in [2.75, 3.05) is 0 Å². The van der Waals surface area contributed by atoms with E-state index in [0.29, 0.717) is 27.3 Å². The number of nitrogens with zero attached hydrogens (tertiary/aromatic N) is 3. The average molecular weight is 804 g/mol. The zero-order valence-electron chi connectivity index (χ0n) is 33.5. The third-order valence-corrected chi connectivity index (χ3v) is 15.0. The quantitative estimate of drug-likeness (QED) is 0.178. The number of rotatable bonds is 3. The number of hydrogen-bond donors (Lipinski definition) is 0. The lowest BCUT2D eigenvalue weighted by atomic mass is 9.62. The van der Waals surface area contributed by atoms with Crippen LogP contribution in [0.3, 0.4) is 0 Å². The lowest BCUT2D eigenvalue weighted by molar-refractivity contribution is 0.577. The normalized spacial score (nSPS) is 16.8. The van der Waals surface area contributed by atoms with Crippen molar-refractivity contribution in [3.05, 3.63) is 221 Å². The third-order valence-electron chi connectivity index (χ3n) is 13.2. The zero-order valence-corrected chi connectivity index (χ0v) is 34.3. The van der Waals surface area contributed by atoms with Crippen LogP contribution in [0.25, 0.3) is 67.5 Å². The molecular formula is C55H37N3O2S. The van der Waals surface area contributed by atoms with Crippen LogP contribution in [-0.4, -0.2) is 23.4 Å². The van der Waals surface area contributed by atoms with Crippen molar-refractivity contribution in [2.45, 2.75) is 34.5 Å². The Bertz CT molecular complexity index is 3360. The van der Waals surface area contributed by atoms with Gasteiger partial charge < -0.3 is 0 Å². The zero-order chi connectivity index (χ0) is 41.1. The maximum Gasteiger partial charge on any atom is 0.207 e. The first kappa shape index (κ1) is 35.6. The van der Waals surface area contributed by atoms with Gasteiger partial charge in [0.05, 0.1) is 15.2 Å². The van der Waals surface area contributed by atoms with Gasteiger partial charge in [0.25, 0.3) is 0 Å².